The lowest BCUT2D eigenvalue weighted by Crippen LogP contribution is -2.41. The van der Waals surface area contributed by atoms with Gasteiger partial charge in [-0.2, -0.15) is 0 Å². The number of rotatable bonds is 6. The van der Waals surface area contributed by atoms with Gasteiger partial charge in [-0.05, 0) is 67.9 Å². The van der Waals surface area contributed by atoms with Crippen LogP contribution in [0.3, 0.4) is 0 Å². The van der Waals surface area contributed by atoms with Gasteiger partial charge in [0.2, 0.25) is 0 Å². The summed E-state index contributed by atoms with van der Waals surface area (Å²) in [5.41, 5.74) is 6.51. The second-order valence-corrected chi connectivity index (χ2v) is 7.82. The molecule has 2 aromatic rings. The Morgan fingerprint density at radius 2 is 1.76 bits per heavy atom. The number of amides is 1. The Labute approximate surface area is 178 Å². The molecule has 3 rings (SSSR count). The van der Waals surface area contributed by atoms with Crippen molar-refractivity contribution in [3.63, 3.8) is 0 Å². The van der Waals surface area contributed by atoms with E-state index < -0.39 is 6.09 Å². The van der Waals surface area contributed by atoms with Gasteiger partial charge in [-0.3, -0.25) is 9.69 Å². The molecule has 1 aliphatic rings. The van der Waals surface area contributed by atoms with Crippen LogP contribution in [0.1, 0.15) is 34.8 Å². The molecule has 0 spiro atoms. The zero-order valence-electron chi connectivity index (χ0n) is 15.6. The minimum absolute atomic E-state index is 0.0177. The molecule has 1 atom stereocenters. The third kappa shape index (κ3) is 5.47. The van der Waals surface area contributed by atoms with Gasteiger partial charge in [0.15, 0.2) is 5.78 Å². The van der Waals surface area contributed by atoms with Crippen molar-refractivity contribution in [2.45, 2.75) is 18.9 Å². The lowest BCUT2D eigenvalue weighted by atomic mass is 9.88. The molecule has 2 aromatic carbocycles. The number of hydrogen-bond acceptors (Lipinski definition) is 4. The average molecular weight is 439 g/mol. The van der Waals surface area contributed by atoms with Crippen LogP contribution in [-0.2, 0) is 4.74 Å². The molecule has 2 N–H and O–H groups in total. The van der Waals surface area contributed by atoms with E-state index in [4.69, 9.17) is 33.7 Å². The number of carbonyl (C=O) groups is 2. The predicted octanol–water partition coefficient (Wildman–Crippen LogP) is 4.86. The van der Waals surface area contributed by atoms with E-state index in [0.29, 0.717) is 41.5 Å². The monoisotopic (exact) mass is 438 g/mol. The fraction of sp³-hybridized carbons (Fsp3) is 0.333. The molecule has 5 nitrogen and oxygen atoms in total. The Balaban J connectivity index is 1.70. The van der Waals surface area contributed by atoms with Crippen molar-refractivity contribution in [3.8, 4) is 0 Å². The van der Waals surface area contributed by atoms with Crippen LogP contribution in [-0.4, -0.2) is 36.5 Å². The molecule has 1 amide bonds. The van der Waals surface area contributed by atoms with Crippen LogP contribution in [0, 0.1) is 11.7 Å². The summed E-state index contributed by atoms with van der Waals surface area (Å²) in [5, 5.41) is 0.850. The number of nitrogens with two attached hydrogens (primary N) is 1. The molecule has 0 saturated carbocycles. The molecular formula is C21H21Cl2FN2O3. The van der Waals surface area contributed by atoms with E-state index in [2.05, 4.69) is 4.90 Å². The molecule has 0 aromatic heterocycles. The largest absolute Gasteiger partial charge is 0.448 e. The van der Waals surface area contributed by atoms with Gasteiger partial charge in [0.1, 0.15) is 12.4 Å². The molecule has 29 heavy (non-hydrogen) atoms. The Morgan fingerprint density at radius 1 is 1.10 bits per heavy atom. The highest BCUT2D eigenvalue weighted by molar-refractivity contribution is 6.42. The van der Waals surface area contributed by atoms with E-state index in [-0.39, 0.29) is 30.2 Å². The predicted molar refractivity (Wildman–Crippen MR) is 110 cm³/mol. The Morgan fingerprint density at radius 3 is 2.34 bits per heavy atom. The van der Waals surface area contributed by atoms with Crippen molar-refractivity contribution in [3.05, 3.63) is 69.5 Å². The van der Waals surface area contributed by atoms with E-state index in [1.807, 2.05) is 6.07 Å². The fourth-order valence-electron chi connectivity index (χ4n) is 3.62. The molecule has 0 aliphatic carbocycles. The van der Waals surface area contributed by atoms with E-state index in [1.165, 1.54) is 24.3 Å². The number of piperidine rings is 1. The van der Waals surface area contributed by atoms with Crippen molar-refractivity contribution >= 4 is 35.1 Å². The van der Waals surface area contributed by atoms with E-state index in [9.17, 15) is 14.0 Å². The van der Waals surface area contributed by atoms with Crippen molar-refractivity contribution < 1.29 is 18.7 Å². The summed E-state index contributed by atoms with van der Waals surface area (Å²) >= 11 is 12.2. The highest BCUT2D eigenvalue weighted by atomic mass is 35.5. The summed E-state index contributed by atoms with van der Waals surface area (Å²) in [6.07, 6.45) is 0.436. The van der Waals surface area contributed by atoms with Crippen LogP contribution in [0.2, 0.25) is 10.0 Å². The van der Waals surface area contributed by atoms with Crippen LogP contribution in [0.15, 0.2) is 42.5 Å². The number of ether oxygens (including phenoxy) is 1. The maximum Gasteiger partial charge on any atom is 0.404 e. The van der Waals surface area contributed by atoms with Crippen LogP contribution in [0.4, 0.5) is 9.18 Å². The SMILES string of the molecule is NC(=O)OCC(c1ccc(Cl)c(Cl)c1)N1CCC(C(=O)c2ccc(F)cc2)CC1. The third-order valence-electron chi connectivity index (χ3n) is 5.18. The number of carbonyl (C=O) groups excluding carboxylic acids is 2. The fourth-order valence-corrected chi connectivity index (χ4v) is 3.92. The van der Waals surface area contributed by atoms with E-state index in [0.717, 1.165) is 5.56 Å². The van der Waals surface area contributed by atoms with Gasteiger partial charge in [0, 0.05) is 11.5 Å². The number of primary amides is 1. The van der Waals surface area contributed by atoms with Crippen molar-refractivity contribution in [1.29, 1.82) is 0 Å². The average Bonchev–Trinajstić information content (AvgIpc) is 2.71. The first-order chi connectivity index (χ1) is 13.8. The van der Waals surface area contributed by atoms with Gasteiger partial charge in [0.05, 0.1) is 16.1 Å². The first-order valence-electron chi connectivity index (χ1n) is 9.26. The molecule has 8 heteroatoms. The Kier molecular flexibility index (Phi) is 7.11. The molecule has 1 heterocycles. The maximum atomic E-state index is 13.1. The minimum Gasteiger partial charge on any atom is -0.448 e. The van der Waals surface area contributed by atoms with Crippen molar-refractivity contribution in [2.75, 3.05) is 19.7 Å². The van der Waals surface area contributed by atoms with E-state index in [1.54, 1.807) is 12.1 Å². The quantitative estimate of drug-likeness (QED) is 0.653. The Hall–Kier alpha value is -2.15. The van der Waals surface area contributed by atoms with Gasteiger partial charge < -0.3 is 10.5 Å². The van der Waals surface area contributed by atoms with Gasteiger partial charge in [0.25, 0.3) is 0 Å². The zero-order chi connectivity index (χ0) is 21.0. The lowest BCUT2D eigenvalue weighted by molar-refractivity contribution is 0.0627. The first kappa shape index (κ1) is 21.6. The van der Waals surface area contributed by atoms with Crippen LogP contribution in [0.25, 0.3) is 0 Å². The Bertz CT molecular complexity index is 884. The molecule has 0 bridgehead atoms. The molecule has 154 valence electrons. The summed E-state index contributed by atoms with van der Waals surface area (Å²) < 4.78 is 18.2. The standard InChI is InChI=1S/C21H21Cl2FN2O3/c22-17-6-3-15(11-18(17)23)19(12-29-21(25)28)26-9-7-14(8-10-26)20(27)13-1-4-16(24)5-2-13/h1-6,11,14,19H,7-10,12H2,(H2,25,28). The van der Waals surface area contributed by atoms with Crippen molar-refractivity contribution in [2.24, 2.45) is 11.7 Å². The van der Waals surface area contributed by atoms with Crippen LogP contribution < -0.4 is 5.73 Å². The molecule has 0 radical (unpaired) electrons. The second-order valence-electron chi connectivity index (χ2n) is 7.00. The summed E-state index contributed by atoms with van der Waals surface area (Å²) in [7, 11) is 0. The number of benzene rings is 2. The normalized spacial score (nSPS) is 16.4. The number of halogens is 3. The molecule has 1 aliphatic heterocycles. The summed E-state index contributed by atoms with van der Waals surface area (Å²) in [4.78, 5) is 26.0. The first-order valence-corrected chi connectivity index (χ1v) is 10.0. The topological polar surface area (TPSA) is 72.6 Å². The highest BCUT2D eigenvalue weighted by Crippen LogP contribution is 2.32. The molecule has 1 saturated heterocycles. The second kappa shape index (κ2) is 9.57. The zero-order valence-corrected chi connectivity index (χ0v) is 17.1. The summed E-state index contributed by atoms with van der Waals surface area (Å²) in [6, 6.07) is 10.6. The maximum absolute atomic E-state index is 13.1. The number of likely N-dealkylation sites (tertiary alicyclic amines) is 1. The lowest BCUT2D eigenvalue weighted by Gasteiger charge is -2.37. The number of Topliss-reactive ketones (excluding diaryl/α,β-unsaturated/α-hetero) is 1. The van der Waals surface area contributed by atoms with Crippen LogP contribution in [0.5, 0.6) is 0 Å². The smallest absolute Gasteiger partial charge is 0.404 e. The van der Waals surface area contributed by atoms with Crippen molar-refractivity contribution in [1.82, 2.24) is 4.90 Å². The van der Waals surface area contributed by atoms with Crippen LogP contribution >= 0.6 is 23.2 Å². The number of nitrogens with zero attached hydrogens (tertiary/aromatic N) is 1. The number of hydrogen-bond donors (Lipinski definition) is 1. The summed E-state index contributed by atoms with van der Waals surface area (Å²) in [5.74, 6) is -0.484. The van der Waals surface area contributed by atoms with Gasteiger partial charge >= 0.3 is 6.09 Å². The minimum atomic E-state index is -0.851. The van der Waals surface area contributed by atoms with E-state index >= 15 is 0 Å². The molecule has 1 unspecified atom stereocenters. The van der Waals surface area contributed by atoms with Gasteiger partial charge in [-0.25, -0.2) is 9.18 Å². The third-order valence-corrected chi connectivity index (χ3v) is 5.92. The summed E-state index contributed by atoms with van der Waals surface area (Å²) in [6.45, 7) is 1.33. The number of ketones is 1. The van der Waals surface area contributed by atoms with Gasteiger partial charge in [-0.15, -0.1) is 0 Å². The highest BCUT2D eigenvalue weighted by Gasteiger charge is 2.30. The van der Waals surface area contributed by atoms with Gasteiger partial charge in [-0.1, -0.05) is 29.3 Å². The molecular weight excluding hydrogens is 418 g/mol. The molecule has 1 fully saturated rings.